The van der Waals surface area contributed by atoms with Crippen LogP contribution < -0.4 is 0 Å². The van der Waals surface area contributed by atoms with Gasteiger partial charge in [-0.3, -0.25) is 4.98 Å². The number of benzene rings is 1. The van der Waals surface area contributed by atoms with Crippen LogP contribution in [0.5, 0.6) is 0 Å². The number of pyridine rings is 1. The molecule has 0 aliphatic rings. The summed E-state index contributed by atoms with van der Waals surface area (Å²) in [6.07, 6.45) is 2.84. The second-order valence-corrected chi connectivity index (χ2v) is 5.72. The first-order chi connectivity index (χ1) is 9.09. The predicted molar refractivity (Wildman–Crippen MR) is 67.6 cm³/mol. The van der Waals surface area contributed by atoms with Crippen LogP contribution in [0.25, 0.3) is 11.0 Å². The molecule has 0 fully saturated rings. The Kier molecular flexibility index (Phi) is 2.60. The highest BCUT2D eigenvalue weighted by molar-refractivity contribution is 7.90. The fourth-order valence-corrected chi connectivity index (χ4v) is 3.15. The lowest BCUT2D eigenvalue weighted by molar-refractivity contribution is 0.584. The van der Waals surface area contributed by atoms with E-state index in [4.69, 9.17) is 0 Å². The average molecular weight is 275 g/mol. The molecule has 0 aliphatic carbocycles. The molecule has 0 aliphatic heterocycles. The molecule has 0 saturated heterocycles. The summed E-state index contributed by atoms with van der Waals surface area (Å²) in [5.74, 6) is -0.598. The molecule has 6 heteroatoms. The molecular weight excluding hydrogens is 267 g/mol. The summed E-state index contributed by atoms with van der Waals surface area (Å²) in [7, 11) is -3.84. The largest absolute Gasteiger partial charge is 0.268 e. The Balaban J connectivity index is 2.26. The maximum atomic E-state index is 13.2. The van der Waals surface area contributed by atoms with Crippen LogP contribution in [-0.2, 0) is 10.0 Å². The van der Waals surface area contributed by atoms with E-state index in [2.05, 4.69) is 11.1 Å². The number of hydrogen-bond donors (Lipinski definition) is 0. The topological polar surface area (TPSA) is 52.0 Å². The van der Waals surface area contributed by atoms with Crippen LogP contribution in [0, 0.1) is 11.9 Å². The number of hydrogen-bond acceptors (Lipinski definition) is 3. The quantitative estimate of drug-likeness (QED) is 0.720. The fraction of sp³-hybridized carbons (Fsp3) is 0. The van der Waals surface area contributed by atoms with Crippen LogP contribution in [0.1, 0.15) is 0 Å². The highest BCUT2D eigenvalue weighted by Gasteiger charge is 2.19. The number of halogens is 1. The number of aromatic nitrogens is 2. The monoisotopic (exact) mass is 275 g/mol. The van der Waals surface area contributed by atoms with Crippen molar-refractivity contribution in [3.8, 4) is 0 Å². The van der Waals surface area contributed by atoms with Gasteiger partial charge in [-0.05, 0) is 30.3 Å². The van der Waals surface area contributed by atoms with Crippen LogP contribution in [0.2, 0.25) is 0 Å². The van der Waals surface area contributed by atoms with Crippen molar-refractivity contribution in [3.63, 3.8) is 0 Å². The molecule has 19 heavy (non-hydrogen) atoms. The van der Waals surface area contributed by atoms with Crippen molar-refractivity contribution in [2.45, 2.75) is 4.90 Å². The van der Waals surface area contributed by atoms with Gasteiger partial charge in [0.2, 0.25) is 0 Å². The Morgan fingerprint density at radius 3 is 2.84 bits per heavy atom. The van der Waals surface area contributed by atoms with Gasteiger partial charge in [0.05, 0.1) is 15.9 Å². The van der Waals surface area contributed by atoms with Crippen LogP contribution >= 0.6 is 0 Å². The summed E-state index contributed by atoms with van der Waals surface area (Å²) in [5.41, 5.74) is 0.856. The van der Waals surface area contributed by atoms with Gasteiger partial charge in [-0.2, -0.15) is 0 Å². The maximum Gasteiger partial charge on any atom is 0.268 e. The molecule has 3 aromatic rings. The predicted octanol–water partition coefficient (Wildman–Crippen LogP) is 2.21. The second kappa shape index (κ2) is 4.17. The zero-order chi connectivity index (χ0) is 13.5. The summed E-state index contributed by atoms with van der Waals surface area (Å²) < 4.78 is 39.0. The Hall–Kier alpha value is -2.21. The number of rotatable bonds is 2. The van der Waals surface area contributed by atoms with E-state index in [1.165, 1.54) is 24.4 Å². The summed E-state index contributed by atoms with van der Waals surface area (Å²) in [4.78, 5) is 3.90. The van der Waals surface area contributed by atoms with Gasteiger partial charge in [0.1, 0.15) is 5.82 Å². The van der Waals surface area contributed by atoms with E-state index in [1.807, 2.05) is 0 Å². The van der Waals surface area contributed by atoms with Crippen LogP contribution in [-0.4, -0.2) is 17.4 Å². The van der Waals surface area contributed by atoms with Gasteiger partial charge in [-0.25, -0.2) is 16.8 Å². The van der Waals surface area contributed by atoms with Crippen molar-refractivity contribution >= 4 is 21.1 Å². The Bertz CT molecular complexity index is 856. The first kappa shape index (κ1) is 11.9. The molecule has 0 unspecified atom stereocenters. The van der Waals surface area contributed by atoms with E-state index in [-0.39, 0.29) is 4.90 Å². The van der Waals surface area contributed by atoms with Gasteiger partial charge in [-0.15, -0.1) is 0 Å². The minimum absolute atomic E-state index is 0.109. The Labute approximate surface area is 109 Å². The summed E-state index contributed by atoms with van der Waals surface area (Å²) in [5, 5.41) is 0. The lowest BCUT2D eigenvalue weighted by Crippen LogP contribution is -2.11. The maximum absolute atomic E-state index is 13.2. The summed E-state index contributed by atoms with van der Waals surface area (Å²) in [6, 6.07) is 10.9. The van der Waals surface area contributed by atoms with Gasteiger partial charge >= 0.3 is 0 Å². The first-order valence-corrected chi connectivity index (χ1v) is 6.88. The van der Waals surface area contributed by atoms with Crippen LogP contribution in [0.4, 0.5) is 4.39 Å². The van der Waals surface area contributed by atoms with Gasteiger partial charge in [0.15, 0.2) is 0 Å². The van der Waals surface area contributed by atoms with E-state index in [0.717, 1.165) is 10.0 Å². The summed E-state index contributed by atoms with van der Waals surface area (Å²) in [6.45, 7) is 0. The normalized spacial score (nSPS) is 11.8. The lowest BCUT2D eigenvalue weighted by Gasteiger charge is -2.07. The highest BCUT2D eigenvalue weighted by Crippen LogP contribution is 2.20. The molecule has 0 bridgehead atoms. The van der Waals surface area contributed by atoms with Crippen molar-refractivity contribution in [3.05, 3.63) is 60.7 Å². The van der Waals surface area contributed by atoms with Gasteiger partial charge in [0.25, 0.3) is 10.0 Å². The standard InChI is InChI=1S/C13H8FN2O2S/c14-10-3-1-4-11(9-10)19(17,18)16-8-6-12-13(16)5-2-7-15-12/h1-5,7-9H. The third-order valence-corrected chi connectivity index (χ3v) is 4.36. The van der Waals surface area contributed by atoms with E-state index >= 15 is 0 Å². The van der Waals surface area contributed by atoms with E-state index in [0.29, 0.717) is 11.0 Å². The minimum Gasteiger partial charge on any atom is -0.254 e. The van der Waals surface area contributed by atoms with Crippen molar-refractivity contribution in [2.24, 2.45) is 0 Å². The molecule has 0 N–H and O–H groups in total. The molecule has 0 atom stereocenters. The molecule has 4 nitrogen and oxygen atoms in total. The molecule has 1 aromatic carbocycles. The first-order valence-electron chi connectivity index (χ1n) is 5.44. The molecule has 0 spiro atoms. The van der Waals surface area contributed by atoms with Crippen molar-refractivity contribution in [2.75, 3.05) is 0 Å². The molecule has 2 heterocycles. The third kappa shape index (κ3) is 1.90. The van der Waals surface area contributed by atoms with Gasteiger partial charge in [0, 0.05) is 18.5 Å². The molecule has 3 rings (SSSR count). The second-order valence-electron chi connectivity index (χ2n) is 3.90. The van der Waals surface area contributed by atoms with Crippen molar-refractivity contribution < 1.29 is 12.8 Å². The summed E-state index contributed by atoms with van der Waals surface area (Å²) >= 11 is 0. The average Bonchev–Trinajstić information content (AvgIpc) is 2.83. The van der Waals surface area contributed by atoms with Gasteiger partial charge in [-0.1, -0.05) is 6.07 Å². The third-order valence-electron chi connectivity index (χ3n) is 2.70. The fourth-order valence-electron chi connectivity index (χ4n) is 1.82. The van der Waals surface area contributed by atoms with E-state index < -0.39 is 15.8 Å². The highest BCUT2D eigenvalue weighted by atomic mass is 32.2. The molecular formula is C13H8FN2O2S. The Morgan fingerprint density at radius 2 is 2.05 bits per heavy atom. The zero-order valence-corrected chi connectivity index (χ0v) is 10.4. The minimum atomic E-state index is -3.84. The number of nitrogens with zero attached hydrogens (tertiary/aromatic N) is 2. The SMILES string of the molecule is O=S(=O)(c1cccc(F)c1)n1c[c]c2ncccc21. The van der Waals surface area contributed by atoms with Crippen LogP contribution in [0.3, 0.4) is 0 Å². The van der Waals surface area contributed by atoms with Gasteiger partial charge < -0.3 is 0 Å². The van der Waals surface area contributed by atoms with Crippen LogP contribution in [0.15, 0.2) is 53.7 Å². The molecule has 0 amide bonds. The molecule has 2 aromatic heterocycles. The molecule has 1 radical (unpaired) electrons. The van der Waals surface area contributed by atoms with E-state index in [1.54, 1.807) is 18.3 Å². The van der Waals surface area contributed by atoms with Crippen molar-refractivity contribution in [1.82, 2.24) is 8.96 Å². The molecule has 95 valence electrons. The molecule has 0 saturated carbocycles. The Morgan fingerprint density at radius 1 is 1.21 bits per heavy atom. The zero-order valence-electron chi connectivity index (χ0n) is 9.62. The lowest BCUT2D eigenvalue weighted by atomic mass is 10.4. The van der Waals surface area contributed by atoms with E-state index in [9.17, 15) is 12.8 Å². The van der Waals surface area contributed by atoms with Crippen molar-refractivity contribution in [1.29, 1.82) is 0 Å². The number of fused-ring (bicyclic) bond motifs is 1. The smallest absolute Gasteiger partial charge is 0.254 e.